The lowest BCUT2D eigenvalue weighted by Crippen LogP contribution is -2.46. The average Bonchev–Trinajstić information content (AvgIpc) is 3.17. The van der Waals surface area contributed by atoms with E-state index in [0.717, 1.165) is 12.1 Å². The number of hydrogen-bond donors (Lipinski definition) is 2. The Bertz CT molecular complexity index is 893. The second-order valence-corrected chi connectivity index (χ2v) is 7.35. The highest BCUT2D eigenvalue weighted by molar-refractivity contribution is 6.10. The van der Waals surface area contributed by atoms with E-state index in [-0.39, 0.29) is 11.8 Å². The Hall–Kier alpha value is -2.93. The van der Waals surface area contributed by atoms with Crippen LogP contribution in [0.1, 0.15) is 28.8 Å². The maximum atomic E-state index is 13.2. The molecule has 1 fully saturated rings. The van der Waals surface area contributed by atoms with Gasteiger partial charge in [0.1, 0.15) is 5.82 Å². The smallest absolute Gasteiger partial charge is 0.262 e. The third-order valence-electron chi connectivity index (χ3n) is 5.74. The largest absolute Gasteiger partial charge is 0.381 e. The fourth-order valence-corrected chi connectivity index (χ4v) is 3.94. The number of fused-ring (bicyclic) bond motifs is 1. The van der Waals surface area contributed by atoms with E-state index in [0.29, 0.717) is 50.5 Å². The van der Waals surface area contributed by atoms with Crippen molar-refractivity contribution in [3.05, 3.63) is 53.7 Å². The Morgan fingerprint density at radius 1 is 1.18 bits per heavy atom. The lowest BCUT2D eigenvalue weighted by atomic mass is 9.79. The van der Waals surface area contributed by atoms with Crippen LogP contribution >= 0.6 is 0 Å². The second kappa shape index (κ2) is 7.59. The van der Waals surface area contributed by atoms with Gasteiger partial charge in [0, 0.05) is 38.2 Å². The van der Waals surface area contributed by atoms with Crippen LogP contribution in [0.15, 0.2) is 42.6 Å². The lowest BCUT2D eigenvalue weighted by molar-refractivity contribution is -0.132. The van der Waals surface area contributed by atoms with E-state index in [9.17, 15) is 9.59 Å². The van der Waals surface area contributed by atoms with Gasteiger partial charge in [0.25, 0.3) is 5.91 Å². The Balaban J connectivity index is 1.56. The number of hydrogen-bond acceptors (Lipinski definition) is 5. The zero-order chi connectivity index (χ0) is 19.6. The molecule has 0 saturated carbocycles. The van der Waals surface area contributed by atoms with Crippen LogP contribution in [0.4, 0.5) is 11.5 Å². The van der Waals surface area contributed by atoms with Crippen molar-refractivity contribution in [3.63, 3.8) is 0 Å². The molecule has 0 radical (unpaired) electrons. The maximum absolute atomic E-state index is 13.2. The fraction of sp³-hybridized carbons (Fsp3) is 0.381. The fourth-order valence-electron chi connectivity index (χ4n) is 3.94. The summed E-state index contributed by atoms with van der Waals surface area (Å²) in [5.41, 5.74) is 7.61. The van der Waals surface area contributed by atoms with E-state index in [1.165, 1.54) is 5.56 Å². The Morgan fingerprint density at radius 3 is 2.75 bits per heavy atom. The first-order valence-corrected chi connectivity index (χ1v) is 9.57. The highest BCUT2D eigenvalue weighted by atomic mass is 16.5. The van der Waals surface area contributed by atoms with Crippen molar-refractivity contribution in [2.24, 2.45) is 11.1 Å². The number of aromatic nitrogens is 1. The number of nitrogens with zero attached hydrogens (tertiary/aromatic N) is 2. The van der Waals surface area contributed by atoms with Crippen molar-refractivity contribution in [2.75, 3.05) is 36.5 Å². The summed E-state index contributed by atoms with van der Waals surface area (Å²) in [5, 5.41) is 3.22. The number of carbonyl (C=O) groups excluding carboxylic acids is 2. The molecule has 3 heterocycles. The molecule has 0 aliphatic carbocycles. The topological polar surface area (TPSA) is 97.6 Å². The molecule has 2 aromatic rings. The van der Waals surface area contributed by atoms with Gasteiger partial charge in [0.15, 0.2) is 0 Å². The van der Waals surface area contributed by atoms with Gasteiger partial charge in [0.05, 0.1) is 11.0 Å². The number of anilines is 2. The van der Waals surface area contributed by atoms with Crippen LogP contribution in [-0.4, -0.2) is 43.1 Å². The summed E-state index contributed by atoms with van der Waals surface area (Å²) >= 11 is 0. The molecule has 7 heteroatoms. The summed E-state index contributed by atoms with van der Waals surface area (Å²) < 4.78 is 5.38. The SMILES string of the molecule is NC(=O)C1(CNc2ncccc2C(=O)N2CCc3ccccc32)CCOCC1. The summed E-state index contributed by atoms with van der Waals surface area (Å²) in [6.45, 7) is 1.99. The molecule has 7 nitrogen and oxygen atoms in total. The van der Waals surface area contributed by atoms with Gasteiger partial charge in [-0.1, -0.05) is 18.2 Å². The van der Waals surface area contributed by atoms with Gasteiger partial charge in [-0.05, 0) is 43.0 Å². The normalized spacial score (nSPS) is 17.8. The first kappa shape index (κ1) is 18.4. The molecule has 2 amide bonds. The second-order valence-electron chi connectivity index (χ2n) is 7.35. The quantitative estimate of drug-likeness (QED) is 0.827. The van der Waals surface area contributed by atoms with Crippen molar-refractivity contribution in [2.45, 2.75) is 19.3 Å². The van der Waals surface area contributed by atoms with Crippen LogP contribution in [-0.2, 0) is 16.0 Å². The van der Waals surface area contributed by atoms with Crippen molar-refractivity contribution in [1.29, 1.82) is 0 Å². The van der Waals surface area contributed by atoms with Gasteiger partial charge >= 0.3 is 0 Å². The number of rotatable bonds is 5. The summed E-state index contributed by atoms with van der Waals surface area (Å²) in [4.78, 5) is 31.5. The molecule has 0 unspecified atom stereocenters. The Kier molecular flexibility index (Phi) is 5.00. The molecule has 0 atom stereocenters. The van der Waals surface area contributed by atoms with E-state index in [2.05, 4.69) is 10.3 Å². The number of primary amides is 1. The van der Waals surface area contributed by atoms with Gasteiger partial charge in [-0.15, -0.1) is 0 Å². The summed E-state index contributed by atoms with van der Waals surface area (Å²) in [6.07, 6.45) is 3.60. The van der Waals surface area contributed by atoms with E-state index >= 15 is 0 Å². The zero-order valence-corrected chi connectivity index (χ0v) is 15.7. The highest BCUT2D eigenvalue weighted by Crippen LogP contribution is 2.32. The van der Waals surface area contributed by atoms with E-state index in [1.54, 1.807) is 23.2 Å². The molecule has 1 aromatic carbocycles. The van der Waals surface area contributed by atoms with E-state index in [4.69, 9.17) is 10.5 Å². The Labute approximate surface area is 163 Å². The first-order valence-electron chi connectivity index (χ1n) is 9.57. The van der Waals surface area contributed by atoms with Gasteiger partial charge in [-0.2, -0.15) is 0 Å². The number of amides is 2. The van der Waals surface area contributed by atoms with Gasteiger partial charge in [-0.25, -0.2) is 4.98 Å². The average molecular weight is 380 g/mol. The predicted molar refractivity (Wildman–Crippen MR) is 106 cm³/mol. The molecule has 4 rings (SSSR count). The molecule has 146 valence electrons. The molecular weight excluding hydrogens is 356 g/mol. The number of benzene rings is 1. The lowest BCUT2D eigenvalue weighted by Gasteiger charge is -2.34. The number of para-hydroxylation sites is 1. The molecule has 1 saturated heterocycles. The molecule has 2 aliphatic rings. The molecule has 2 aliphatic heterocycles. The summed E-state index contributed by atoms with van der Waals surface area (Å²) in [5.74, 6) is 0.0326. The van der Waals surface area contributed by atoms with Crippen LogP contribution < -0.4 is 16.0 Å². The number of ether oxygens (including phenoxy) is 1. The molecule has 28 heavy (non-hydrogen) atoms. The predicted octanol–water partition coefficient (Wildman–Crippen LogP) is 1.98. The first-order chi connectivity index (χ1) is 13.6. The highest BCUT2D eigenvalue weighted by Gasteiger charge is 2.38. The third kappa shape index (κ3) is 3.33. The van der Waals surface area contributed by atoms with Crippen molar-refractivity contribution in [1.82, 2.24) is 4.98 Å². The molecule has 3 N–H and O–H groups in total. The van der Waals surface area contributed by atoms with Crippen LogP contribution in [0.3, 0.4) is 0 Å². The van der Waals surface area contributed by atoms with Crippen molar-refractivity contribution < 1.29 is 14.3 Å². The molecule has 0 bridgehead atoms. The maximum Gasteiger partial charge on any atom is 0.262 e. The minimum absolute atomic E-state index is 0.0966. The summed E-state index contributed by atoms with van der Waals surface area (Å²) in [7, 11) is 0. The molecular formula is C21H24N4O3. The number of pyridine rings is 1. The number of carbonyl (C=O) groups is 2. The van der Waals surface area contributed by atoms with Gasteiger partial charge < -0.3 is 20.7 Å². The number of nitrogens with one attached hydrogen (secondary N) is 1. The standard InChI is InChI=1S/C21H24N4O3/c22-20(27)21(8-12-28-13-9-21)14-24-18-16(5-3-10-23-18)19(26)25-11-7-15-4-1-2-6-17(15)25/h1-6,10H,7-9,11-14H2,(H2,22,27)(H,23,24). The minimum Gasteiger partial charge on any atom is -0.381 e. The monoisotopic (exact) mass is 380 g/mol. The number of nitrogens with two attached hydrogens (primary N) is 1. The van der Waals surface area contributed by atoms with Gasteiger partial charge in [0.2, 0.25) is 5.91 Å². The van der Waals surface area contributed by atoms with Crippen LogP contribution in [0.2, 0.25) is 0 Å². The van der Waals surface area contributed by atoms with E-state index < -0.39 is 5.41 Å². The van der Waals surface area contributed by atoms with Gasteiger partial charge in [-0.3, -0.25) is 9.59 Å². The minimum atomic E-state index is -0.684. The van der Waals surface area contributed by atoms with Crippen molar-refractivity contribution in [3.8, 4) is 0 Å². The van der Waals surface area contributed by atoms with Crippen LogP contribution in [0.25, 0.3) is 0 Å². The van der Waals surface area contributed by atoms with Crippen molar-refractivity contribution >= 4 is 23.3 Å². The molecule has 1 aromatic heterocycles. The third-order valence-corrected chi connectivity index (χ3v) is 5.74. The van der Waals surface area contributed by atoms with Crippen LogP contribution in [0, 0.1) is 5.41 Å². The zero-order valence-electron chi connectivity index (χ0n) is 15.7. The Morgan fingerprint density at radius 2 is 1.96 bits per heavy atom. The summed E-state index contributed by atoms with van der Waals surface area (Å²) in [6, 6.07) is 11.5. The van der Waals surface area contributed by atoms with Crippen LogP contribution in [0.5, 0.6) is 0 Å². The molecule has 0 spiro atoms. The van der Waals surface area contributed by atoms with E-state index in [1.807, 2.05) is 24.3 Å².